The molecule has 2 aromatic heterocycles. The quantitative estimate of drug-likeness (QED) is 0.225. The van der Waals surface area contributed by atoms with Crippen LogP contribution in [0.15, 0.2) is 91.5 Å². The van der Waals surface area contributed by atoms with E-state index in [-0.39, 0.29) is 18.2 Å². The number of nitrogens with zero attached hydrogens (tertiary/aromatic N) is 3. The van der Waals surface area contributed by atoms with Crippen LogP contribution < -0.4 is 15.4 Å². The molecule has 3 aromatic carbocycles. The number of pyridine rings is 1. The Morgan fingerprint density at radius 2 is 1.80 bits per heavy atom. The van der Waals surface area contributed by atoms with Crippen molar-refractivity contribution in [3.8, 4) is 23.3 Å². The van der Waals surface area contributed by atoms with Crippen molar-refractivity contribution >= 4 is 22.5 Å². The summed E-state index contributed by atoms with van der Waals surface area (Å²) in [5.74, 6) is 7.51. The predicted octanol–water partition coefficient (Wildman–Crippen LogP) is 5.39. The minimum absolute atomic E-state index is 0.0124. The number of hydrogen-bond acceptors (Lipinski definition) is 7. The molecular weight excluding hydrogens is 502 g/mol. The van der Waals surface area contributed by atoms with E-state index in [0.717, 1.165) is 33.3 Å². The molecule has 5 aromatic rings. The molecular formula is C32H25N5O3. The normalized spacial score (nSPS) is 15.7. The van der Waals surface area contributed by atoms with Gasteiger partial charge in [0, 0.05) is 46.2 Å². The molecule has 0 aliphatic carbocycles. The summed E-state index contributed by atoms with van der Waals surface area (Å²) in [5.41, 5.74) is 5.41. The summed E-state index contributed by atoms with van der Waals surface area (Å²) < 4.78 is 11.5. The Hall–Kier alpha value is -5.10. The fourth-order valence-electron chi connectivity index (χ4n) is 4.30. The third kappa shape index (κ3) is 5.52. The minimum atomic E-state index is -0.224. The lowest BCUT2D eigenvalue weighted by Gasteiger charge is -2.09. The number of anilines is 1. The topological polar surface area (TPSA) is 102 Å². The van der Waals surface area contributed by atoms with Gasteiger partial charge in [-0.2, -0.15) is 0 Å². The summed E-state index contributed by atoms with van der Waals surface area (Å²) in [6.07, 6.45) is 4.90. The van der Waals surface area contributed by atoms with Gasteiger partial charge in [0.1, 0.15) is 30.2 Å². The molecule has 196 valence electrons. The van der Waals surface area contributed by atoms with Crippen LogP contribution in [-0.2, 0) is 4.74 Å². The Labute approximate surface area is 231 Å². The zero-order valence-electron chi connectivity index (χ0n) is 21.9. The lowest BCUT2D eigenvalue weighted by Crippen LogP contribution is -2.12. The summed E-state index contributed by atoms with van der Waals surface area (Å²) in [6.45, 7) is 1.97. The first kappa shape index (κ1) is 25.2. The number of carbonyl (C=O) groups is 1. The number of amides is 1. The average Bonchev–Trinajstić information content (AvgIpc) is 3.78. The Kier molecular flexibility index (Phi) is 6.89. The van der Waals surface area contributed by atoms with Gasteiger partial charge in [0.25, 0.3) is 5.91 Å². The molecule has 3 heterocycles. The van der Waals surface area contributed by atoms with Crippen molar-refractivity contribution < 1.29 is 14.3 Å². The lowest BCUT2D eigenvalue weighted by molar-refractivity contribution is 0.102. The number of fused-ring (bicyclic) bond motifs is 1. The van der Waals surface area contributed by atoms with E-state index in [0.29, 0.717) is 22.7 Å². The Balaban J connectivity index is 1.13. The molecule has 0 spiro atoms. The van der Waals surface area contributed by atoms with Gasteiger partial charge < -0.3 is 14.8 Å². The largest absolute Gasteiger partial charge is 0.457 e. The fourth-order valence-corrected chi connectivity index (χ4v) is 4.30. The Morgan fingerprint density at radius 3 is 2.62 bits per heavy atom. The van der Waals surface area contributed by atoms with Gasteiger partial charge in [-0.05, 0) is 74.1 Å². The van der Waals surface area contributed by atoms with E-state index in [1.165, 1.54) is 6.33 Å². The van der Waals surface area contributed by atoms with E-state index >= 15 is 0 Å². The first-order valence-corrected chi connectivity index (χ1v) is 12.8. The van der Waals surface area contributed by atoms with Gasteiger partial charge >= 0.3 is 0 Å². The van der Waals surface area contributed by atoms with Gasteiger partial charge in [0.2, 0.25) is 0 Å². The van der Waals surface area contributed by atoms with Crippen molar-refractivity contribution in [2.75, 3.05) is 12.4 Å². The number of nitrogens with one attached hydrogen (secondary N) is 2. The van der Waals surface area contributed by atoms with Gasteiger partial charge in [-0.3, -0.25) is 15.1 Å². The monoisotopic (exact) mass is 527 g/mol. The molecule has 2 N–H and O–H groups in total. The van der Waals surface area contributed by atoms with Crippen LogP contribution in [0.25, 0.3) is 10.9 Å². The summed E-state index contributed by atoms with van der Waals surface area (Å²) in [6, 6.07) is 22.1. The van der Waals surface area contributed by atoms with Crippen LogP contribution >= 0.6 is 0 Å². The average molecular weight is 528 g/mol. The van der Waals surface area contributed by atoms with E-state index in [4.69, 9.17) is 9.47 Å². The highest BCUT2D eigenvalue weighted by Crippen LogP contribution is 2.37. The molecule has 1 fully saturated rings. The SMILES string of the molecule is CNC1OC1c1cc(Oc2ccc(NC(=O)c3ccc(C)c(C#Cc4cccc5ncncc45)c3)cc2)ccn1. The second kappa shape index (κ2) is 10.9. The highest BCUT2D eigenvalue weighted by Gasteiger charge is 2.40. The second-order valence-corrected chi connectivity index (χ2v) is 9.30. The molecule has 0 bridgehead atoms. The Morgan fingerprint density at radius 1 is 0.950 bits per heavy atom. The molecule has 1 amide bonds. The van der Waals surface area contributed by atoms with Gasteiger partial charge in [-0.15, -0.1) is 0 Å². The van der Waals surface area contributed by atoms with Crippen molar-refractivity contribution in [1.82, 2.24) is 20.3 Å². The molecule has 1 saturated heterocycles. The van der Waals surface area contributed by atoms with Crippen LogP contribution in [0.5, 0.6) is 11.5 Å². The maximum absolute atomic E-state index is 13.0. The van der Waals surface area contributed by atoms with E-state index < -0.39 is 0 Å². The van der Waals surface area contributed by atoms with Gasteiger partial charge in [0.15, 0.2) is 0 Å². The van der Waals surface area contributed by atoms with E-state index in [9.17, 15) is 4.79 Å². The van der Waals surface area contributed by atoms with Gasteiger partial charge in [-0.25, -0.2) is 9.97 Å². The van der Waals surface area contributed by atoms with Crippen molar-refractivity contribution in [2.45, 2.75) is 19.3 Å². The molecule has 0 saturated carbocycles. The Bertz CT molecular complexity index is 1770. The van der Waals surface area contributed by atoms with Crippen molar-refractivity contribution in [3.05, 3.63) is 119 Å². The highest BCUT2D eigenvalue weighted by molar-refractivity contribution is 6.04. The fraction of sp³-hybridized carbons (Fsp3) is 0.125. The van der Waals surface area contributed by atoms with Crippen molar-refractivity contribution in [1.29, 1.82) is 0 Å². The minimum Gasteiger partial charge on any atom is -0.457 e. The molecule has 8 heteroatoms. The zero-order chi connectivity index (χ0) is 27.5. The van der Waals surface area contributed by atoms with Gasteiger partial charge in [0.05, 0.1) is 11.2 Å². The number of benzene rings is 3. The molecule has 1 aliphatic heterocycles. The maximum Gasteiger partial charge on any atom is 0.255 e. The lowest BCUT2D eigenvalue weighted by atomic mass is 10.0. The number of aryl methyl sites for hydroxylation is 1. The number of rotatable bonds is 6. The molecule has 1 aliphatic rings. The summed E-state index contributed by atoms with van der Waals surface area (Å²) in [4.78, 5) is 25.8. The van der Waals surface area contributed by atoms with Crippen LogP contribution in [0.4, 0.5) is 5.69 Å². The van der Waals surface area contributed by atoms with Crippen LogP contribution in [-0.4, -0.2) is 34.1 Å². The molecule has 40 heavy (non-hydrogen) atoms. The number of aromatic nitrogens is 3. The van der Waals surface area contributed by atoms with Crippen LogP contribution in [0.3, 0.4) is 0 Å². The number of likely N-dealkylation sites (N-methyl/N-ethyl adjacent to an activating group) is 1. The van der Waals surface area contributed by atoms with E-state index in [1.54, 1.807) is 54.9 Å². The van der Waals surface area contributed by atoms with E-state index in [1.807, 2.05) is 44.3 Å². The summed E-state index contributed by atoms with van der Waals surface area (Å²) >= 11 is 0. The smallest absolute Gasteiger partial charge is 0.255 e. The number of hydrogen-bond donors (Lipinski definition) is 2. The van der Waals surface area contributed by atoms with Crippen molar-refractivity contribution in [3.63, 3.8) is 0 Å². The summed E-state index contributed by atoms with van der Waals surface area (Å²) in [5, 5.41) is 6.90. The van der Waals surface area contributed by atoms with Crippen molar-refractivity contribution in [2.24, 2.45) is 0 Å². The summed E-state index contributed by atoms with van der Waals surface area (Å²) in [7, 11) is 1.85. The standard InChI is InChI=1S/C32H25N5O3/c1-20-6-7-23(16-22(20)9-8-21-4-3-5-28-27(21)18-34-19-36-28)31(38)37-24-10-12-25(13-11-24)39-26-14-15-35-29(17-26)30-32(33-2)40-30/h3-7,10-19,30,32-33H,1-2H3,(H,37,38). The van der Waals surface area contributed by atoms with Gasteiger partial charge in [-0.1, -0.05) is 24.0 Å². The third-order valence-corrected chi connectivity index (χ3v) is 6.55. The molecule has 2 atom stereocenters. The van der Waals surface area contributed by atoms with E-state index in [2.05, 4.69) is 37.4 Å². The number of carbonyl (C=O) groups excluding carboxylic acids is 1. The predicted molar refractivity (Wildman–Crippen MR) is 152 cm³/mol. The number of epoxide rings is 1. The van der Waals surface area contributed by atoms with Crippen LogP contribution in [0.1, 0.15) is 38.8 Å². The third-order valence-electron chi connectivity index (χ3n) is 6.55. The second-order valence-electron chi connectivity index (χ2n) is 9.30. The zero-order valence-corrected chi connectivity index (χ0v) is 21.9. The highest BCUT2D eigenvalue weighted by atomic mass is 16.6. The molecule has 2 unspecified atom stereocenters. The van der Waals surface area contributed by atoms with Crippen LogP contribution in [0, 0.1) is 18.8 Å². The molecule has 0 radical (unpaired) electrons. The molecule has 8 nitrogen and oxygen atoms in total. The first-order valence-electron chi connectivity index (χ1n) is 12.8. The molecule has 6 rings (SSSR count). The number of ether oxygens (including phenoxy) is 2. The van der Waals surface area contributed by atoms with Crippen LogP contribution in [0.2, 0.25) is 0 Å². The first-order chi connectivity index (χ1) is 19.6. The maximum atomic E-state index is 13.0.